The third-order valence-electron chi connectivity index (χ3n) is 4.65. The molecule has 0 aliphatic rings. The maximum absolute atomic E-state index is 12.5. The van der Waals surface area contributed by atoms with E-state index in [1.54, 1.807) is 29.9 Å². The van der Waals surface area contributed by atoms with E-state index < -0.39 is 0 Å². The number of aromatic nitrogens is 3. The molecule has 2 heterocycles. The Kier molecular flexibility index (Phi) is 7.50. The molecule has 0 fully saturated rings. The van der Waals surface area contributed by atoms with E-state index in [9.17, 15) is 4.79 Å². The number of ether oxygens (including phenoxy) is 2. The average Bonchev–Trinajstić information content (AvgIpc) is 3.49. The second-order valence-corrected chi connectivity index (χ2v) is 8.25. The van der Waals surface area contributed by atoms with Crippen molar-refractivity contribution in [2.24, 2.45) is 0 Å². The van der Waals surface area contributed by atoms with Crippen LogP contribution in [0, 0.1) is 6.92 Å². The largest absolute Gasteiger partial charge is 0.490 e. The number of anilines is 1. The first-order chi connectivity index (χ1) is 16.2. The van der Waals surface area contributed by atoms with Crippen LogP contribution < -0.4 is 14.8 Å². The van der Waals surface area contributed by atoms with Gasteiger partial charge in [-0.3, -0.25) is 4.79 Å². The second kappa shape index (κ2) is 11.1. The molecule has 0 radical (unpaired) electrons. The summed E-state index contributed by atoms with van der Waals surface area (Å²) in [6.45, 7) is 3.52. The van der Waals surface area contributed by atoms with Gasteiger partial charge in [-0.2, -0.15) is 0 Å². The minimum atomic E-state index is -0.245. The van der Waals surface area contributed by atoms with Gasteiger partial charge in [0.15, 0.2) is 0 Å². The van der Waals surface area contributed by atoms with Gasteiger partial charge in [-0.1, -0.05) is 24.3 Å². The zero-order valence-corrected chi connectivity index (χ0v) is 19.0. The molecular weight excluding hydrogens is 436 g/mol. The van der Waals surface area contributed by atoms with Gasteiger partial charge in [0.05, 0.1) is 29.3 Å². The first-order valence-corrected chi connectivity index (χ1v) is 11.3. The third-order valence-corrected chi connectivity index (χ3v) is 5.47. The van der Waals surface area contributed by atoms with Crippen LogP contribution in [0.1, 0.15) is 16.3 Å². The number of nitrogens with zero attached hydrogens (tertiary/aromatic N) is 3. The molecule has 8 heteroatoms. The monoisotopic (exact) mass is 460 g/mol. The standard InChI is InChI=1S/C25H24N4O3S/c1-19-27-21(17-33-19)16-32-22-6-4-5-20(15-22)9-10-25(30)28-23-7-2-3-8-24(23)31-14-13-29-12-11-26-18-29/h2-12,15,17-18H,13-14,16H2,1H3,(H,28,30)/b10-9+. The van der Waals surface area contributed by atoms with Gasteiger partial charge < -0.3 is 19.4 Å². The molecule has 4 aromatic rings. The number of carbonyl (C=O) groups is 1. The van der Waals surface area contributed by atoms with Gasteiger partial charge in [-0.15, -0.1) is 11.3 Å². The fourth-order valence-corrected chi connectivity index (χ4v) is 3.66. The Bertz CT molecular complexity index is 1220. The summed E-state index contributed by atoms with van der Waals surface area (Å²) >= 11 is 1.60. The average molecular weight is 461 g/mol. The normalized spacial score (nSPS) is 10.9. The number of benzene rings is 2. The van der Waals surface area contributed by atoms with Crippen LogP contribution in [-0.4, -0.2) is 27.0 Å². The van der Waals surface area contributed by atoms with Gasteiger partial charge in [0, 0.05) is 23.8 Å². The minimum absolute atomic E-state index is 0.245. The number of para-hydroxylation sites is 2. The summed E-state index contributed by atoms with van der Waals surface area (Å²) in [5, 5.41) is 5.88. The van der Waals surface area contributed by atoms with Crippen LogP contribution in [0.15, 0.2) is 78.7 Å². The van der Waals surface area contributed by atoms with Crippen LogP contribution in [-0.2, 0) is 17.9 Å². The molecule has 0 aliphatic heterocycles. The molecule has 1 N–H and O–H groups in total. The van der Waals surface area contributed by atoms with Crippen molar-refractivity contribution in [2.75, 3.05) is 11.9 Å². The summed E-state index contributed by atoms with van der Waals surface area (Å²) in [4.78, 5) is 20.9. The summed E-state index contributed by atoms with van der Waals surface area (Å²) in [7, 11) is 0. The number of imidazole rings is 1. The van der Waals surface area contributed by atoms with Gasteiger partial charge in [0.1, 0.15) is 24.7 Å². The molecular formula is C25H24N4O3S. The maximum atomic E-state index is 12.5. The van der Waals surface area contributed by atoms with E-state index in [1.807, 2.05) is 71.6 Å². The summed E-state index contributed by atoms with van der Waals surface area (Å²) in [6, 6.07) is 14.9. The Labute approximate surface area is 196 Å². The van der Waals surface area contributed by atoms with Crippen LogP contribution in [0.2, 0.25) is 0 Å². The SMILES string of the molecule is Cc1nc(COc2cccc(/C=C/C(=O)Nc3ccccc3OCCn3ccnc3)c2)cs1. The summed E-state index contributed by atoms with van der Waals surface area (Å²) < 4.78 is 13.6. The predicted molar refractivity (Wildman–Crippen MR) is 129 cm³/mol. The Balaban J connectivity index is 1.31. The van der Waals surface area contributed by atoms with Crippen LogP contribution in [0.25, 0.3) is 6.08 Å². The van der Waals surface area contributed by atoms with E-state index in [0.717, 1.165) is 22.0 Å². The number of hydrogen-bond acceptors (Lipinski definition) is 6. The van der Waals surface area contributed by atoms with E-state index in [1.165, 1.54) is 6.08 Å². The minimum Gasteiger partial charge on any atom is -0.490 e. The molecule has 2 aromatic carbocycles. The lowest BCUT2D eigenvalue weighted by atomic mass is 10.2. The zero-order chi connectivity index (χ0) is 22.9. The van der Waals surface area contributed by atoms with Crippen molar-refractivity contribution in [1.29, 1.82) is 0 Å². The van der Waals surface area contributed by atoms with Gasteiger partial charge in [-0.25, -0.2) is 9.97 Å². The summed E-state index contributed by atoms with van der Waals surface area (Å²) in [5.74, 6) is 1.09. The highest BCUT2D eigenvalue weighted by Gasteiger charge is 2.06. The van der Waals surface area contributed by atoms with E-state index in [0.29, 0.717) is 31.2 Å². The van der Waals surface area contributed by atoms with Gasteiger partial charge in [0.25, 0.3) is 0 Å². The predicted octanol–water partition coefficient (Wildman–Crippen LogP) is 4.96. The molecule has 2 aromatic heterocycles. The molecule has 1 amide bonds. The molecule has 4 rings (SSSR count). The van der Waals surface area contributed by atoms with Crippen molar-refractivity contribution in [3.8, 4) is 11.5 Å². The van der Waals surface area contributed by atoms with Crippen molar-refractivity contribution in [1.82, 2.24) is 14.5 Å². The Morgan fingerprint density at radius 2 is 2.09 bits per heavy atom. The number of aryl methyl sites for hydroxylation is 1. The number of rotatable bonds is 10. The number of carbonyl (C=O) groups excluding carboxylic acids is 1. The van der Waals surface area contributed by atoms with E-state index in [-0.39, 0.29) is 5.91 Å². The zero-order valence-electron chi connectivity index (χ0n) is 18.2. The number of hydrogen-bond donors (Lipinski definition) is 1. The molecule has 0 aliphatic carbocycles. The number of thiazole rings is 1. The number of amides is 1. The van der Waals surface area contributed by atoms with Crippen LogP contribution >= 0.6 is 11.3 Å². The van der Waals surface area contributed by atoms with Crippen LogP contribution in [0.5, 0.6) is 11.5 Å². The van der Waals surface area contributed by atoms with E-state index in [4.69, 9.17) is 9.47 Å². The Morgan fingerprint density at radius 3 is 2.91 bits per heavy atom. The van der Waals surface area contributed by atoms with Gasteiger partial charge in [0.2, 0.25) is 5.91 Å². The highest BCUT2D eigenvalue weighted by molar-refractivity contribution is 7.09. The lowest BCUT2D eigenvalue weighted by Crippen LogP contribution is -2.11. The lowest BCUT2D eigenvalue weighted by Gasteiger charge is -2.12. The lowest BCUT2D eigenvalue weighted by molar-refractivity contribution is -0.111. The molecule has 168 valence electrons. The van der Waals surface area contributed by atoms with Crippen molar-refractivity contribution < 1.29 is 14.3 Å². The quantitative estimate of drug-likeness (QED) is 0.339. The third kappa shape index (κ3) is 6.78. The molecule has 0 bridgehead atoms. The van der Waals surface area contributed by atoms with Gasteiger partial charge >= 0.3 is 0 Å². The summed E-state index contributed by atoms with van der Waals surface area (Å²) in [6.07, 6.45) is 8.58. The highest BCUT2D eigenvalue weighted by Crippen LogP contribution is 2.24. The fraction of sp³-hybridized carbons (Fsp3) is 0.160. The first-order valence-electron chi connectivity index (χ1n) is 10.5. The fourth-order valence-electron chi connectivity index (χ4n) is 3.06. The topological polar surface area (TPSA) is 78.3 Å². The molecule has 0 saturated heterocycles. The molecule has 0 atom stereocenters. The highest BCUT2D eigenvalue weighted by atomic mass is 32.1. The van der Waals surface area contributed by atoms with Crippen molar-refractivity contribution in [3.63, 3.8) is 0 Å². The van der Waals surface area contributed by atoms with Crippen molar-refractivity contribution in [3.05, 3.63) is 95.0 Å². The smallest absolute Gasteiger partial charge is 0.248 e. The molecule has 0 unspecified atom stereocenters. The molecule has 0 spiro atoms. The number of nitrogens with one attached hydrogen (secondary N) is 1. The van der Waals surface area contributed by atoms with Gasteiger partial charge in [-0.05, 0) is 42.8 Å². The summed E-state index contributed by atoms with van der Waals surface area (Å²) in [5.41, 5.74) is 2.39. The van der Waals surface area contributed by atoms with Crippen molar-refractivity contribution in [2.45, 2.75) is 20.1 Å². The molecule has 0 saturated carbocycles. The Hall–Kier alpha value is -3.91. The Morgan fingerprint density at radius 1 is 1.18 bits per heavy atom. The second-order valence-electron chi connectivity index (χ2n) is 7.19. The molecule has 33 heavy (non-hydrogen) atoms. The van der Waals surface area contributed by atoms with E-state index in [2.05, 4.69) is 15.3 Å². The van der Waals surface area contributed by atoms with Crippen LogP contribution in [0.4, 0.5) is 5.69 Å². The van der Waals surface area contributed by atoms with Crippen molar-refractivity contribution >= 4 is 29.0 Å². The maximum Gasteiger partial charge on any atom is 0.248 e. The van der Waals surface area contributed by atoms with E-state index >= 15 is 0 Å². The van der Waals surface area contributed by atoms with Crippen LogP contribution in [0.3, 0.4) is 0 Å². The molecule has 7 nitrogen and oxygen atoms in total. The first kappa shape index (κ1) is 22.3.